The molecule has 0 atom stereocenters. The fourth-order valence-corrected chi connectivity index (χ4v) is 6.08. The van der Waals surface area contributed by atoms with Gasteiger partial charge in [0.05, 0.1) is 17.6 Å². The third kappa shape index (κ3) is 3.62. The zero-order valence-electron chi connectivity index (χ0n) is 14.6. The van der Waals surface area contributed by atoms with Gasteiger partial charge < -0.3 is 10.3 Å². The van der Waals surface area contributed by atoms with Crippen LogP contribution in [0.25, 0.3) is 11.0 Å². The molecule has 27 heavy (non-hydrogen) atoms. The van der Waals surface area contributed by atoms with E-state index in [1.165, 1.54) is 10.4 Å². The molecule has 0 saturated carbocycles. The lowest BCUT2D eigenvalue weighted by atomic mass is 10.2. The number of hydrogen-bond donors (Lipinski definition) is 2. The summed E-state index contributed by atoms with van der Waals surface area (Å²) in [4.78, 5) is 20.5. The number of benzene rings is 1. The Hall–Kier alpha value is -2.23. The van der Waals surface area contributed by atoms with Crippen molar-refractivity contribution in [3.05, 3.63) is 46.4 Å². The van der Waals surface area contributed by atoms with E-state index in [1.54, 1.807) is 5.38 Å². The maximum atomic E-state index is 12.9. The molecule has 142 valence electrons. The van der Waals surface area contributed by atoms with Gasteiger partial charge in [-0.25, -0.2) is 13.4 Å². The predicted octanol–water partition coefficient (Wildman–Crippen LogP) is 2.73. The fraction of sp³-hybridized carbons (Fsp3) is 0.333. The van der Waals surface area contributed by atoms with Gasteiger partial charge in [0.2, 0.25) is 10.0 Å². The summed E-state index contributed by atoms with van der Waals surface area (Å²) >= 11 is 1.14. The maximum absolute atomic E-state index is 12.9. The van der Waals surface area contributed by atoms with Crippen LogP contribution in [0, 0.1) is 0 Å². The van der Waals surface area contributed by atoms with E-state index in [2.05, 4.69) is 15.3 Å². The summed E-state index contributed by atoms with van der Waals surface area (Å²) < 4.78 is 27.3. The van der Waals surface area contributed by atoms with Crippen LogP contribution in [0.5, 0.6) is 0 Å². The summed E-state index contributed by atoms with van der Waals surface area (Å²) in [7, 11) is -3.64. The van der Waals surface area contributed by atoms with Gasteiger partial charge in [-0.05, 0) is 36.4 Å². The van der Waals surface area contributed by atoms with Crippen molar-refractivity contribution < 1.29 is 13.2 Å². The van der Waals surface area contributed by atoms with Crippen LogP contribution in [0.4, 0.5) is 0 Å². The molecule has 0 spiro atoms. The van der Waals surface area contributed by atoms with E-state index in [9.17, 15) is 13.2 Å². The smallest absolute Gasteiger partial charge is 0.263 e. The first-order chi connectivity index (χ1) is 13.1. The zero-order valence-corrected chi connectivity index (χ0v) is 16.3. The molecular weight excluding hydrogens is 384 g/mol. The lowest BCUT2D eigenvalue weighted by molar-refractivity contribution is 0.0951. The first kappa shape index (κ1) is 18.1. The van der Waals surface area contributed by atoms with E-state index in [0.29, 0.717) is 18.9 Å². The van der Waals surface area contributed by atoms with Crippen molar-refractivity contribution >= 4 is 38.3 Å². The lowest BCUT2D eigenvalue weighted by Gasteiger charge is -2.25. The van der Waals surface area contributed by atoms with E-state index in [-0.39, 0.29) is 16.3 Å². The number of hydrogen-bond acceptors (Lipinski definition) is 5. The van der Waals surface area contributed by atoms with Crippen molar-refractivity contribution in [1.29, 1.82) is 0 Å². The number of H-pyrrole nitrogens is 1. The quantitative estimate of drug-likeness (QED) is 0.683. The molecule has 0 aliphatic carbocycles. The number of carbonyl (C=O) groups is 1. The molecule has 9 heteroatoms. The Kier molecular flexibility index (Phi) is 4.98. The van der Waals surface area contributed by atoms with Gasteiger partial charge in [0.15, 0.2) is 0 Å². The van der Waals surface area contributed by atoms with E-state index in [1.807, 2.05) is 24.3 Å². The van der Waals surface area contributed by atoms with Crippen LogP contribution in [0.15, 0.2) is 40.6 Å². The highest BCUT2D eigenvalue weighted by Gasteiger charge is 2.30. The molecule has 1 amide bonds. The molecule has 1 aliphatic rings. The highest BCUT2D eigenvalue weighted by molar-refractivity contribution is 7.89. The number of para-hydroxylation sites is 2. The number of thiophene rings is 1. The van der Waals surface area contributed by atoms with Gasteiger partial charge in [0, 0.05) is 13.1 Å². The third-order valence-corrected chi connectivity index (χ3v) is 7.61. The van der Waals surface area contributed by atoms with Crippen LogP contribution in [0.1, 0.15) is 34.8 Å². The van der Waals surface area contributed by atoms with Gasteiger partial charge in [-0.2, -0.15) is 4.31 Å². The molecule has 2 aromatic heterocycles. The molecule has 1 saturated heterocycles. The third-order valence-electron chi connectivity index (χ3n) is 4.62. The first-order valence-electron chi connectivity index (χ1n) is 8.85. The van der Waals surface area contributed by atoms with Crippen LogP contribution >= 0.6 is 11.3 Å². The summed E-state index contributed by atoms with van der Waals surface area (Å²) in [5.74, 6) is 0.225. The highest BCUT2D eigenvalue weighted by Crippen LogP contribution is 2.27. The average Bonchev–Trinajstić information content (AvgIpc) is 3.34. The molecule has 0 bridgehead atoms. The molecule has 2 N–H and O–H groups in total. The molecule has 1 aliphatic heterocycles. The molecule has 0 radical (unpaired) electrons. The minimum absolute atomic E-state index is 0.0940. The van der Waals surface area contributed by atoms with Crippen LogP contribution in [-0.2, 0) is 16.6 Å². The first-order valence-corrected chi connectivity index (χ1v) is 11.2. The van der Waals surface area contributed by atoms with E-state index in [0.717, 1.165) is 41.6 Å². The van der Waals surface area contributed by atoms with Crippen molar-refractivity contribution in [3.8, 4) is 0 Å². The van der Waals surface area contributed by atoms with Crippen LogP contribution in [0.2, 0.25) is 0 Å². The maximum Gasteiger partial charge on any atom is 0.263 e. The highest BCUT2D eigenvalue weighted by atomic mass is 32.2. The number of aromatic amines is 1. The second-order valence-corrected chi connectivity index (χ2v) is 9.28. The number of imidazole rings is 1. The second-order valence-electron chi connectivity index (χ2n) is 6.46. The van der Waals surface area contributed by atoms with Gasteiger partial charge in [-0.15, -0.1) is 11.3 Å². The zero-order chi connectivity index (χ0) is 18.9. The Morgan fingerprint density at radius 2 is 1.96 bits per heavy atom. The van der Waals surface area contributed by atoms with Crippen LogP contribution in [0.3, 0.4) is 0 Å². The van der Waals surface area contributed by atoms with Crippen LogP contribution in [-0.4, -0.2) is 41.7 Å². The largest absolute Gasteiger partial charge is 0.344 e. The summed E-state index contributed by atoms with van der Waals surface area (Å²) in [6, 6.07) is 9.13. The lowest BCUT2D eigenvalue weighted by Crippen LogP contribution is -2.36. The number of fused-ring (bicyclic) bond motifs is 1. The van der Waals surface area contributed by atoms with Gasteiger partial charge in [0.1, 0.15) is 15.6 Å². The Labute approximate surface area is 161 Å². The fourth-order valence-electron chi connectivity index (χ4n) is 3.24. The van der Waals surface area contributed by atoms with Crippen LogP contribution < -0.4 is 5.32 Å². The van der Waals surface area contributed by atoms with E-state index in [4.69, 9.17) is 0 Å². The van der Waals surface area contributed by atoms with Crippen molar-refractivity contribution in [3.63, 3.8) is 0 Å². The topological polar surface area (TPSA) is 95.2 Å². The number of aromatic nitrogens is 2. The summed E-state index contributed by atoms with van der Waals surface area (Å²) in [5, 5.41) is 4.42. The molecule has 3 aromatic rings. The molecule has 0 unspecified atom stereocenters. The number of amides is 1. The Bertz CT molecular complexity index is 1030. The number of nitrogens with one attached hydrogen (secondary N) is 2. The SMILES string of the molecule is O=C(NCc1nc2ccccc2[nH]1)c1sccc1S(=O)(=O)N1CCCCC1. The van der Waals surface area contributed by atoms with Gasteiger partial charge in [-0.3, -0.25) is 4.79 Å². The standard InChI is InChI=1S/C18H20N4O3S2/c23-18(19-12-16-20-13-6-2-3-7-14(13)21-16)17-15(8-11-26-17)27(24,25)22-9-4-1-5-10-22/h2-3,6-8,11H,1,4-5,9-10,12H2,(H,19,23)(H,20,21). The monoisotopic (exact) mass is 404 g/mol. The second kappa shape index (κ2) is 7.41. The number of piperidine rings is 1. The van der Waals surface area contributed by atoms with Crippen molar-refractivity contribution in [2.45, 2.75) is 30.7 Å². The molecule has 4 rings (SSSR count). The Balaban J connectivity index is 1.50. The van der Waals surface area contributed by atoms with Gasteiger partial charge in [0.25, 0.3) is 5.91 Å². The molecule has 7 nitrogen and oxygen atoms in total. The molecule has 1 fully saturated rings. The number of carbonyl (C=O) groups excluding carboxylic acids is 1. The summed E-state index contributed by atoms with van der Waals surface area (Å²) in [6.45, 7) is 1.23. The number of rotatable bonds is 5. The molecular formula is C18H20N4O3S2. The minimum atomic E-state index is -3.64. The average molecular weight is 405 g/mol. The predicted molar refractivity (Wildman–Crippen MR) is 104 cm³/mol. The minimum Gasteiger partial charge on any atom is -0.344 e. The van der Waals surface area contributed by atoms with E-state index < -0.39 is 15.9 Å². The normalized spacial score (nSPS) is 15.9. The van der Waals surface area contributed by atoms with Gasteiger partial charge >= 0.3 is 0 Å². The Morgan fingerprint density at radius 3 is 2.74 bits per heavy atom. The summed E-state index contributed by atoms with van der Waals surface area (Å²) in [6.07, 6.45) is 2.76. The molecule has 3 heterocycles. The number of nitrogens with zero attached hydrogens (tertiary/aromatic N) is 2. The van der Waals surface area contributed by atoms with Crippen molar-refractivity contribution in [2.75, 3.05) is 13.1 Å². The molecule has 1 aromatic carbocycles. The number of sulfonamides is 1. The summed E-state index contributed by atoms with van der Waals surface area (Å²) in [5.41, 5.74) is 1.72. The van der Waals surface area contributed by atoms with E-state index >= 15 is 0 Å². The van der Waals surface area contributed by atoms with Gasteiger partial charge in [-0.1, -0.05) is 18.6 Å². The van der Waals surface area contributed by atoms with Crippen molar-refractivity contribution in [1.82, 2.24) is 19.6 Å². The van der Waals surface area contributed by atoms with Crippen molar-refractivity contribution in [2.24, 2.45) is 0 Å². The Morgan fingerprint density at radius 1 is 1.19 bits per heavy atom.